The van der Waals surface area contributed by atoms with Crippen molar-refractivity contribution in [2.45, 2.75) is 19.9 Å². The SMILES string of the molecule is C=CCOC(=O)C1=C(C)N=c2s/c(=C/c3ccc(C)cc3)c(=O)n2C1c1ccc(OC(=O)c2ccco2)cc1. The van der Waals surface area contributed by atoms with Crippen molar-refractivity contribution in [3.05, 3.63) is 133 Å². The van der Waals surface area contributed by atoms with Crippen LogP contribution in [-0.4, -0.2) is 23.1 Å². The number of furan rings is 1. The first-order valence-corrected chi connectivity index (χ1v) is 12.9. The second kappa shape index (κ2) is 10.9. The molecule has 4 aromatic rings. The first-order chi connectivity index (χ1) is 18.9. The summed E-state index contributed by atoms with van der Waals surface area (Å²) in [6, 6.07) is 16.7. The Hall–Kier alpha value is -4.76. The lowest BCUT2D eigenvalue weighted by atomic mass is 9.96. The first-order valence-electron chi connectivity index (χ1n) is 12.1. The predicted octanol–water partition coefficient (Wildman–Crippen LogP) is 4.09. The third-order valence-electron chi connectivity index (χ3n) is 6.08. The lowest BCUT2D eigenvalue weighted by molar-refractivity contribution is -0.138. The summed E-state index contributed by atoms with van der Waals surface area (Å²) in [5, 5.41) is 0. The number of aryl methyl sites for hydroxylation is 1. The highest BCUT2D eigenvalue weighted by molar-refractivity contribution is 7.07. The van der Waals surface area contributed by atoms with E-state index in [1.54, 1.807) is 37.3 Å². The number of fused-ring (bicyclic) bond motifs is 1. The number of esters is 2. The summed E-state index contributed by atoms with van der Waals surface area (Å²) in [6.45, 7) is 7.33. The lowest BCUT2D eigenvalue weighted by Crippen LogP contribution is -2.39. The van der Waals surface area contributed by atoms with Gasteiger partial charge in [0.25, 0.3) is 5.56 Å². The van der Waals surface area contributed by atoms with Crippen molar-refractivity contribution in [3.8, 4) is 5.75 Å². The third kappa shape index (κ3) is 5.30. The number of thiazole rings is 1. The zero-order chi connectivity index (χ0) is 27.5. The molecule has 196 valence electrons. The number of allylic oxidation sites excluding steroid dienone is 1. The summed E-state index contributed by atoms with van der Waals surface area (Å²) >= 11 is 1.25. The average Bonchev–Trinajstić information content (AvgIpc) is 3.57. The molecule has 39 heavy (non-hydrogen) atoms. The van der Waals surface area contributed by atoms with Crippen LogP contribution in [0.5, 0.6) is 5.75 Å². The molecule has 2 aromatic heterocycles. The molecule has 1 aliphatic heterocycles. The number of carbonyl (C=O) groups excluding carboxylic acids is 2. The number of carbonyl (C=O) groups is 2. The van der Waals surface area contributed by atoms with Gasteiger partial charge in [0.05, 0.1) is 28.1 Å². The molecule has 5 rings (SSSR count). The fourth-order valence-electron chi connectivity index (χ4n) is 4.19. The number of hydrogen-bond acceptors (Lipinski definition) is 8. The summed E-state index contributed by atoms with van der Waals surface area (Å²) in [6.07, 6.45) is 4.67. The van der Waals surface area contributed by atoms with Gasteiger partial charge < -0.3 is 13.9 Å². The Kier molecular flexibility index (Phi) is 7.25. The van der Waals surface area contributed by atoms with E-state index in [2.05, 4.69) is 11.6 Å². The third-order valence-corrected chi connectivity index (χ3v) is 7.06. The summed E-state index contributed by atoms with van der Waals surface area (Å²) in [7, 11) is 0. The van der Waals surface area contributed by atoms with Gasteiger partial charge in [0, 0.05) is 0 Å². The van der Waals surface area contributed by atoms with E-state index in [0.717, 1.165) is 11.1 Å². The minimum atomic E-state index is -0.798. The molecule has 0 N–H and O–H groups in total. The standard InChI is InChI=1S/C30H24N2O6S/c1-4-15-37-29(35)25-19(3)31-30-32(27(33)24(39-30)17-20-9-7-18(2)8-10-20)26(25)21-11-13-22(14-12-21)38-28(34)23-6-5-16-36-23/h4-14,16-17,26H,1,15H2,2-3H3/b24-17+. The predicted molar refractivity (Wildman–Crippen MR) is 146 cm³/mol. The summed E-state index contributed by atoms with van der Waals surface area (Å²) in [5.41, 5.74) is 3.03. The summed E-state index contributed by atoms with van der Waals surface area (Å²) in [4.78, 5) is 44.2. The van der Waals surface area contributed by atoms with Crippen molar-refractivity contribution in [2.75, 3.05) is 6.61 Å². The van der Waals surface area contributed by atoms with Crippen molar-refractivity contribution in [3.63, 3.8) is 0 Å². The molecular formula is C30H24N2O6S. The van der Waals surface area contributed by atoms with Crippen molar-refractivity contribution in [2.24, 2.45) is 4.99 Å². The number of aromatic nitrogens is 1. The smallest absolute Gasteiger partial charge is 0.379 e. The Balaban J connectivity index is 1.58. The molecule has 0 saturated carbocycles. The molecule has 3 heterocycles. The normalized spacial score (nSPS) is 14.9. The maximum Gasteiger partial charge on any atom is 0.379 e. The van der Waals surface area contributed by atoms with Crippen LogP contribution in [0, 0.1) is 6.92 Å². The van der Waals surface area contributed by atoms with Crippen LogP contribution in [0.2, 0.25) is 0 Å². The van der Waals surface area contributed by atoms with E-state index in [1.807, 2.05) is 37.3 Å². The zero-order valence-electron chi connectivity index (χ0n) is 21.2. The van der Waals surface area contributed by atoms with Gasteiger partial charge in [-0.3, -0.25) is 9.36 Å². The lowest BCUT2D eigenvalue weighted by Gasteiger charge is -2.24. The van der Waals surface area contributed by atoms with Gasteiger partial charge in [0.2, 0.25) is 5.76 Å². The van der Waals surface area contributed by atoms with Gasteiger partial charge in [-0.1, -0.05) is 66.0 Å². The van der Waals surface area contributed by atoms with Gasteiger partial charge in [-0.25, -0.2) is 14.6 Å². The van der Waals surface area contributed by atoms with Gasteiger partial charge in [0.15, 0.2) is 4.80 Å². The van der Waals surface area contributed by atoms with E-state index in [9.17, 15) is 14.4 Å². The molecule has 0 radical (unpaired) electrons. The molecule has 0 fully saturated rings. The fraction of sp³-hybridized carbons (Fsp3) is 0.133. The average molecular weight is 541 g/mol. The maximum absolute atomic E-state index is 13.7. The van der Waals surface area contributed by atoms with Gasteiger partial charge in [-0.2, -0.15) is 0 Å². The zero-order valence-corrected chi connectivity index (χ0v) is 22.1. The molecule has 1 atom stereocenters. The van der Waals surface area contributed by atoms with Gasteiger partial charge >= 0.3 is 11.9 Å². The van der Waals surface area contributed by atoms with Crippen molar-refractivity contribution in [1.82, 2.24) is 4.57 Å². The highest BCUT2D eigenvalue weighted by Gasteiger charge is 2.33. The van der Waals surface area contributed by atoms with Crippen LogP contribution in [0.3, 0.4) is 0 Å². The Morgan fingerprint density at radius 2 is 1.82 bits per heavy atom. The first kappa shape index (κ1) is 25.9. The minimum Gasteiger partial charge on any atom is -0.458 e. The molecule has 0 saturated heterocycles. The van der Waals surface area contributed by atoms with Crippen molar-refractivity contribution >= 4 is 29.4 Å². The van der Waals surface area contributed by atoms with Crippen LogP contribution in [-0.2, 0) is 9.53 Å². The quantitative estimate of drug-likeness (QED) is 0.199. The second-order valence-corrected chi connectivity index (χ2v) is 9.82. The molecule has 9 heteroatoms. The Labute approximate surface area is 227 Å². The van der Waals surface area contributed by atoms with E-state index in [-0.39, 0.29) is 29.2 Å². The summed E-state index contributed by atoms with van der Waals surface area (Å²) < 4.78 is 17.8. The fourth-order valence-corrected chi connectivity index (χ4v) is 5.24. The van der Waals surface area contributed by atoms with E-state index in [4.69, 9.17) is 13.9 Å². The van der Waals surface area contributed by atoms with Crippen LogP contribution >= 0.6 is 11.3 Å². The monoisotopic (exact) mass is 540 g/mol. The molecule has 1 unspecified atom stereocenters. The van der Waals surface area contributed by atoms with E-state index < -0.39 is 18.0 Å². The molecule has 8 nitrogen and oxygen atoms in total. The van der Waals surface area contributed by atoms with Gasteiger partial charge in [-0.05, 0) is 55.3 Å². The molecular weight excluding hydrogens is 516 g/mol. The van der Waals surface area contributed by atoms with Crippen LogP contribution in [0.25, 0.3) is 6.08 Å². The molecule has 0 aliphatic carbocycles. The van der Waals surface area contributed by atoms with Crippen LogP contribution in [0.1, 0.15) is 40.2 Å². The Bertz CT molecular complexity index is 1760. The number of hydrogen-bond donors (Lipinski definition) is 0. The molecule has 0 bridgehead atoms. The number of rotatable bonds is 7. The van der Waals surface area contributed by atoms with E-state index in [1.165, 1.54) is 34.3 Å². The minimum absolute atomic E-state index is 0.0157. The molecule has 0 amide bonds. The summed E-state index contributed by atoms with van der Waals surface area (Å²) in [5.74, 6) is -0.877. The van der Waals surface area contributed by atoms with Crippen molar-refractivity contribution in [1.29, 1.82) is 0 Å². The topological polar surface area (TPSA) is 100 Å². The number of benzene rings is 2. The van der Waals surface area contributed by atoms with E-state index in [0.29, 0.717) is 20.6 Å². The maximum atomic E-state index is 13.7. The largest absolute Gasteiger partial charge is 0.458 e. The van der Waals surface area contributed by atoms with Gasteiger partial charge in [-0.15, -0.1) is 0 Å². The van der Waals surface area contributed by atoms with Gasteiger partial charge in [0.1, 0.15) is 12.4 Å². The van der Waals surface area contributed by atoms with Crippen LogP contribution in [0.15, 0.2) is 105 Å². The second-order valence-electron chi connectivity index (χ2n) is 8.82. The molecule has 0 spiro atoms. The number of nitrogens with zero attached hydrogens (tertiary/aromatic N) is 2. The number of ether oxygens (including phenoxy) is 2. The molecule has 1 aliphatic rings. The van der Waals surface area contributed by atoms with Crippen LogP contribution in [0.4, 0.5) is 0 Å². The van der Waals surface area contributed by atoms with E-state index >= 15 is 0 Å². The Morgan fingerprint density at radius 3 is 2.49 bits per heavy atom. The van der Waals surface area contributed by atoms with Crippen LogP contribution < -0.4 is 19.6 Å². The Morgan fingerprint density at radius 1 is 1.08 bits per heavy atom. The highest BCUT2D eigenvalue weighted by Crippen LogP contribution is 2.31. The van der Waals surface area contributed by atoms with Crippen molar-refractivity contribution < 1.29 is 23.5 Å². The molecule has 2 aromatic carbocycles. The highest BCUT2D eigenvalue weighted by atomic mass is 32.1.